The fourth-order valence-electron chi connectivity index (χ4n) is 5.17. The molecule has 4 rings (SSSR count). The van der Waals surface area contributed by atoms with E-state index in [0.29, 0.717) is 6.04 Å². The van der Waals surface area contributed by atoms with E-state index in [1.807, 2.05) is 0 Å². The second-order valence-electron chi connectivity index (χ2n) is 13.1. The molecule has 0 radical (unpaired) electrons. The zero-order valence-corrected chi connectivity index (χ0v) is 27.4. The number of hydrogen-bond donors (Lipinski definition) is 0. The van der Waals surface area contributed by atoms with E-state index >= 15 is 0 Å². The zero-order chi connectivity index (χ0) is 29.8. The first kappa shape index (κ1) is 31.9. The predicted octanol–water partition coefficient (Wildman–Crippen LogP) is 9.17. The standard InChI is InChI=1S/C38H50N2OSi/c1-38(2,3)42(4,5)41-27-26-37(40(30-35-22-14-8-15-23-35)31-36-24-16-9-17-25-36)32-39(28-33-18-10-6-11-19-33)29-34-20-12-7-13-21-34/h6-25,37H,26-32H2,1-5H3/t37-/m1/s1. The summed E-state index contributed by atoms with van der Waals surface area (Å²) in [7, 11) is -1.85. The van der Waals surface area contributed by atoms with Crippen molar-refractivity contribution in [1.29, 1.82) is 0 Å². The minimum absolute atomic E-state index is 0.197. The molecule has 0 aliphatic heterocycles. The van der Waals surface area contributed by atoms with Gasteiger partial charge in [0.15, 0.2) is 8.32 Å². The smallest absolute Gasteiger partial charge is 0.191 e. The van der Waals surface area contributed by atoms with E-state index in [1.165, 1.54) is 22.3 Å². The third-order valence-electron chi connectivity index (χ3n) is 8.66. The van der Waals surface area contributed by atoms with E-state index in [4.69, 9.17) is 4.43 Å². The Morgan fingerprint density at radius 2 is 0.929 bits per heavy atom. The Bertz CT molecular complexity index is 1210. The lowest BCUT2D eigenvalue weighted by atomic mass is 10.1. The molecule has 0 amide bonds. The SMILES string of the molecule is CC(C)(C)[Si](C)(C)OCC[C@H](CN(Cc1ccccc1)Cc1ccccc1)N(Cc1ccccc1)Cc1ccccc1. The van der Waals surface area contributed by atoms with Crippen LogP contribution in [0.25, 0.3) is 0 Å². The van der Waals surface area contributed by atoms with Crippen LogP contribution in [0.4, 0.5) is 0 Å². The van der Waals surface area contributed by atoms with Gasteiger partial charge < -0.3 is 4.43 Å². The molecule has 0 saturated carbocycles. The number of rotatable bonds is 15. The fraction of sp³-hybridized carbons (Fsp3) is 0.368. The molecule has 4 aromatic carbocycles. The molecule has 3 nitrogen and oxygen atoms in total. The first-order valence-electron chi connectivity index (χ1n) is 15.5. The third-order valence-corrected chi connectivity index (χ3v) is 13.2. The van der Waals surface area contributed by atoms with Gasteiger partial charge in [0.2, 0.25) is 0 Å². The average molecular weight is 579 g/mol. The Hall–Kier alpha value is -3.02. The molecule has 0 saturated heterocycles. The molecule has 0 aliphatic rings. The van der Waals surface area contributed by atoms with Gasteiger partial charge in [0.1, 0.15) is 0 Å². The maximum atomic E-state index is 6.79. The summed E-state index contributed by atoms with van der Waals surface area (Å²) in [6.45, 7) is 17.1. The van der Waals surface area contributed by atoms with Gasteiger partial charge in [-0.05, 0) is 46.8 Å². The van der Waals surface area contributed by atoms with E-state index in [0.717, 1.165) is 45.8 Å². The summed E-state index contributed by atoms with van der Waals surface area (Å²) >= 11 is 0. The summed E-state index contributed by atoms with van der Waals surface area (Å²) in [4.78, 5) is 5.31. The van der Waals surface area contributed by atoms with Crippen LogP contribution in [0.1, 0.15) is 49.4 Å². The molecular formula is C38H50N2OSi. The summed E-state index contributed by atoms with van der Waals surface area (Å²) < 4.78 is 6.79. The van der Waals surface area contributed by atoms with Crippen LogP contribution in [0.3, 0.4) is 0 Å². The van der Waals surface area contributed by atoms with Crippen molar-refractivity contribution in [2.75, 3.05) is 13.2 Å². The van der Waals surface area contributed by atoms with E-state index in [2.05, 4.69) is 165 Å². The van der Waals surface area contributed by atoms with E-state index in [1.54, 1.807) is 0 Å². The van der Waals surface area contributed by atoms with Crippen LogP contribution in [-0.4, -0.2) is 37.3 Å². The second-order valence-corrected chi connectivity index (χ2v) is 17.9. The van der Waals surface area contributed by atoms with Crippen LogP contribution in [0.2, 0.25) is 18.1 Å². The van der Waals surface area contributed by atoms with Crippen molar-refractivity contribution in [2.24, 2.45) is 0 Å². The minimum atomic E-state index is -1.85. The summed E-state index contributed by atoms with van der Waals surface area (Å²) in [6.07, 6.45) is 0.992. The van der Waals surface area contributed by atoms with Gasteiger partial charge >= 0.3 is 0 Å². The fourth-order valence-corrected chi connectivity index (χ4v) is 6.23. The molecule has 1 atom stereocenters. The average Bonchev–Trinajstić information content (AvgIpc) is 2.98. The molecule has 222 valence electrons. The highest BCUT2D eigenvalue weighted by molar-refractivity contribution is 6.74. The Labute approximate surface area is 256 Å². The first-order chi connectivity index (χ1) is 20.2. The lowest BCUT2D eigenvalue weighted by molar-refractivity contribution is 0.0962. The number of hydrogen-bond acceptors (Lipinski definition) is 3. The van der Waals surface area contributed by atoms with Crippen molar-refractivity contribution < 1.29 is 4.43 Å². The zero-order valence-electron chi connectivity index (χ0n) is 26.4. The molecule has 0 aliphatic carbocycles. The Morgan fingerprint density at radius 1 is 0.571 bits per heavy atom. The Balaban J connectivity index is 1.64. The van der Waals surface area contributed by atoms with Crippen molar-refractivity contribution in [3.8, 4) is 0 Å². The predicted molar refractivity (Wildman–Crippen MR) is 181 cm³/mol. The highest BCUT2D eigenvalue weighted by atomic mass is 28.4. The van der Waals surface area contributed by atoms with Gasteiger partial charge in [0, 0.05) is 45.4 Å². The van der Waals surface area contributed by atoms with Crippen molar-refractivity contribution in [3.05, 3.63) is 144 Å². The van der Waals surface area contributed by atoms with E-state index in [9.17, 15) is 0 Å². The van der Waals surface area contributed by atoms with Gasteiger partial charge in [0.25, 0.3) is 0 Å². The van der Waals surface area contributed by atoms with Crippen molar-refractivity contribution in [1.82, 2.24) is 9.80 Å². The Morgan fingerprint density at radius 3 is 1.29 bits per heavy atom. The van der Waals surface area contributed by atoms with Gasteiger partial charge in [-0.2, -0.15) is 0 Å². The van der Waals surface area contributed by atoms with Crippen molar-refractivity contribution in [2.45, 2.75) is 77.5 Å². The normalized spacial score (nSPS) is 13.0. The molecular weight excluding hydrogens is 529 g/mol. The molecule has 0 bridgehead atoms. The van der Waals surface area contributed by atoms with Crippen LogP contribution in [-0.2, 0) is 30.6 Å². The van der Waals surface area contributed by atoms with Gasteiger partial charge in [0.05, 0.1) is 0 Å². The molecule has 0 aromatic heterocycles. The van der Waals surface area contributed by atoms with Gasteiger partial charge in [-0.15, -0.1) is 0 Å². The first-order valence-corrected chi connectivity index (χ1v) is 18.4. The second kappa shape index (κ2) is 15.4. The topological polar surface area (TPSA) is 15.7 Å². The minimum Gasteiger partial charge on any atom is -0.417 e. The van der Waals surface area contributed by atoms with E-state index in [-0.39, 0.29) is 5.04 Å². The third kappa shape index (κ3) is 10.1. The quantitative estimate of drug-likeness (QED) is 0.131. The van der Waals surface area contributed by atoms with Gasteiger partial charge in [-0.25, -0.2) is 0 Å². The molecule has 0 unspecified atom stereocenters. The lowest BCUT2D eigenvalue weighted by Gasteiger charge is -2.39. The van der Waals surface area contributed by atoms with Crippen LogP contribution in [0, 0.1) is 0 Å². The molecule has 4 heteroatoms. The monoisotopic (exact) mass is 578 g/mol. The highest BCUT2D eigenvalue weighted by Gasteiger charge is 2.37. The highest BCUT2D eigenvalue weighted by Crippen LogP contribution is 2.36. The maximum absolute atomic E-state index is 6.79. The summed E-state index contributed by atoms with van der Waals surface area (Å²) in [5, 5.41) is 0.197. The van der Waals surface area contributed by atoms with Crippen LogP contribution in [0.5, 0.6) is 0 Å². The molecule has 0 fully saturated rings. The maximum Gasteiger partial charge on any atom is 0.191 e. The lowest BCUT2D eigenvalue weighted by Crippen LogP contribution is -2.45. The summed E-state index contributed by atoms with van der Waals surface area (Å²) in [6, 6.07) is 44.0. The van der Waals surface area contributed by atoms with Gasteiger partial charge in [-0.1, -0.05) is 142 Å². The summed E-state index contributed by atoms with van der Waals surface area (Å²) in [5.41, 5.74) is 5.40. The van der Waals surface area contributed by atoms with Crippen LogP contribution >= 0.6 is 0 Å². The van der Waals surface area contributed by atoms with E-state index < -0.39 is 8.32 Å². The number of benzene rings is 4. The summed E-state index contributed by atoms with van der Waals surface area (Å²) in [5.74, 6) is 0. The number of nitrogens with zero attached hydrogens (tertiary/aromatic N) is 2. The molecule has 0 heterocycles. The van der Waals surface area contributed by atoms with Crippen LogP contribution in [0.15, 0.2) is 121 Å². The Kier molecular flexibility index (Phi) is 11.7. The van der Waals surface area contributed by atoms with Gasteiger partial charge in [-0.3, -0.25) is 9.80 Å². The largest absolute Gasteiger partial charge is 0.417 e. The van der Waals surface area contributed by atoms with Crippen molar-refractivity contribution in [3.63, 3.8) is 0 Å². The van der Waals surface area contributed by atoms with Crippen molar-refractivity contribution >= 4 is 8.32 Å². The molecule has 0 spiro atoms. The molecule has 0 N–H and O–H groups in total. The molecule has 42 heavy (non-hydrogen) atoms. The van der Waals surface area contributed by atoms with Crippen LogP contribution < -0.4 is 0 Å². The molecule has 4 aromatic rings.